The second-order valence-electron chi connectivity index (χ2n) is 6.31. The van der Waals surface area contributed by atoms with Crippen LogP contribution in [-0.2, 0) is 0 Å². The number of rotatable bonds is 4. The summed E-state index contributed by atoms with van der Waals surface area (Å²) in [6.45, 7) is 8.76. The lowest BCUT2D eigenvalue weighted by Gasteiger charge is -2.27. The van der Waals surface area contributed by atoms with Crippen LogP contribution in [0.2, 0.25) is 0 Å². The highest BCUT2D eigenvalue weighted by atomic mass is 16.3. The molecule has 0 aromatic heterocycles. The zero-order chi connectivity index (χ0) is 11.5. The van der Waals surface area contributed by atoms with Crippen molar-refractivity contribution < 1.29 is 5.11 Å². The lowest BCUT2D eigenvalue weighted by molar-refractivity contribution is 0.0804. The first-order valence-corrected chi connectivity index (χ1v) is 6.23. The van der Waals surface area contributed by atoms with Gasteiger partial charge in [-0.15, -0.1) is 0 Å². The van der Waals surface area contributed by atoms with Gasteiger partial charge in [-0.25, -0.2) is 0 Å². The minimum atomic E-state index is -0.540. The quantitative estimate of drug-likeness (QED) is 0.694. The van der Waals surface area contributed by atoms with Gasteiger partial charge in [0.25, 0.3) is 0 Å². The van der Waals surface area contributed by atoms with Crippen molar-refractivity contribution in [2.45, 2.75) is 71.8 Å². The first-order chi connectivity index (χ1) is 6.81. The van der Waals surface area contributed by atoms with E-state index in [2.05, 4.69) is 26.8 Å². The number of hydrogen-bond acceptors (Lipinski definition) is 1. The lowest BCUT2D eigenvalue weighted by atomic mass is 9.84. The fourth-order valence-corrected chi connectivity index (χ4v) is 2.28. The SMILES string of the molecule is CC(C)(C)CCCC(C)(O)C1=CCCC1. The molecular formula is C14H26O. The summed E-state index contributed by atoms with van der Waals surface area (Å²) in [5, 5.41) is 10.3. The van der Waals surface area contributed by atoms with Crippen molar-refractivity contribution in [3.8, 4) is 0 Å². The molecule has 0 aromatic rings. The smallest absolute Gasteiger partial charge is 0.0828 e. The van der Waals surface area contributed by atoms with Crippen LogP contribution in [0.1, 0.15) is 66.2 Å². The summed E-state index contributed by atoms with van der Waals surface area (Å²) in [5.41, 5.74) is 1.12. The van der Waals surface area contributed by atoms with Crippen molar-refractivity contribution in [3.05, 3.63) is 11.6 Å². The highest BCUT2D eigenvalue weighted by Gasteiger charge is 2.27. The normalized spacial score (nSPS) is 21.3. The van der Waals surface area contributed by atoms with Crippen LogP contribution in [0.5, 0.6) is 0 Å². The van der Waals surface area contributed by atoms with E-state index in [1.807, 2.05) is 6.92 Å². The van der Waals surface area contributed by atoms with Crippen LogP contribution < -0.4 is 0 Å². The molecule has 1 aliphatic rings. The molecule has 0 radical (unpaired) electrons. The highest BCUT2D eigenvalue weighted by Crippen LogP contribution is 2.33. The Bertz CT molecular complexity index is 230. The molecule has 1 heteroatoms. The molecule has 1 nitrogen and oxygen atoms in total. The maximum Gasteiger partial charge on any atom is 0.0828 e. The second kappa shape index (κ2) is 4.69. The van der Waals surface area contributed by atoms with Crippen molar-refractivity contribution in [2.75, 3.05) is 0 Å². The maximum atomic E-state index is 10.3. The largest absolute Gasteiger partial charge is 0.386 e. The molecule has 0 heterocycles. The van der Waals surface area contributed by atoms with E-state index in [1.54, 1.807) is 0 Å². The van der Waals surface area contributed by atoms with Crippen molar-refractivity contribution in [1.29, 1.82) is 0 Å². The fraction of sp³-hybridized carbons (Fsp3) is 0.857. The van der Waals surface area contributed by atoms with Gasteiger partial charge in [-0.05, 0) is 56.4 Å². The van der Waals surface area contributed by atoms with E-state index in [1.165, 1.54) is 18.4 Å². The molecule has 0 amide bonds. The third kappa shape index (κ3) is 4.38. The van der Waals surface area contributed by atoms with Crippen molar-refractivity contribution in [3.63, 3.8) is 0 Å². The van der Waals surface area contributed by atoms with Gasteiger partial charge in [0.15, 0.2) is 0 Å². The predicted molar refractivity (Wildman–Crippen MR) is 65.9 cm³/mol. The fourth-order valence-electron chi connectivity index (χ4n) is 2.28. The van der Waals surface area contributed by atoms with Gasteiger partial charge in [-0.1, -0.05) is 26.8 Å². The monoisotopic (exact) mass is 210 g/mol. The average Bonchev–Trinajstić information content (AvgIpc) is 2.52. The summed E-state index contributed by atoms with van der Waals surface area (Å²) in [4.78, 5) is 0. The molecule has 0 aliphatic heterocycles. The van der Waals surface area contributed by atoms with Gasteiger partial charge in [0.2, 0.25) is 0 Å². The third-order valence-electron chi connectivity index (χ3n) is 3.32. The Morgan fingerprint density at radius 1 is 1.20 bits per heavy atom. The van der Waals surface area contributed by atoms with Crippen LogP contribution in [0.15, 0.2) is 11.6 Å². The van der Waals surface area contributed by atoms with E-state index in [9.17, 15) is 5.11 Å². The van der Waals surface area contributed by atoms with Crippen LogP contribution in [-0.4, -0.2) is 10.7 Å². The van der Waals surface area contributed by atoms with Gasteiger partial charge in [0, 0.05) is 0 Å². The van der Waals surface area contributed by atoms with Gasteiger partial charge >= 0.3 is 0 Å². The molecule has 1 aliphatic carbocycles. The van der Waals surface area contributed by atoms with E-state index in [4.69, 9.17) is 0 Å². The van der Waals surface area contributed by atoms with Gasteiger partial charge < -0.3 is 5.11 Å². The molecule has 88 valence electrons. The highest BCUT2D eigenvalue weighted by molar-refractivity contribution is 5.18. The van der Waals surface area contributed by atoms with Crippen molar-refractivity contribution >= 4 is 0 Å². The van der Waals surface area contributed by atoms with E-state index in [0.29, 0.717) is 5.41 Å². The molecule has 15 heavy (non-hydrogen) atoms. The van der Waals surface area contributed by atoms with Crippen LogP contribution in [0, 0.1) is 5.41 Å². The van der Waals surface area contributed by atoms with Crippen LogP contribution in [0.25, 0.3) is 0 Å². The number of aliphatic hydroxyl groups is 1. The van der Waals surface area contributed by atoms with E-state index < -0.39 is 5.60 Å². The number of allylic oxidation sites excluding steroid dienone is 1. The predicted octanol–water partition coefficient (Wildman–Crippen LogP) is 4.06. The van der Waals surface area contributed by atoms with Crippen LogP contribution in [0.3, 0.4) is 0 Å². The zero-order valence-electron chi connectivity index (χ0n) is 10.8. The first-order valence-electron chi connectivity index (χ1n) is 6.23. The van der Waals surface area contributed by atoms with Gasteiger partial charge in [-0.2, -0.15) is 0 Å². The Hall–Kier alpha value is -0.300. The molecule has 1 atom stereocenters. The summed E-state index contributed by atoms with van der Waals surface area (Å²) in [5.74, 6) is 0. The average molecular weight is 210 g/mol. The molecule has 0 fully saturated rings. The van der Waals surface area contributed by atoms with Gasteiger partial charge in [0.05, 0.1) is 5.60 Å². The third-order valence-corrected chi connectivity index (χ3v) is 3.32. The minimum Gasteiger partial charge on any atom is -0.386 e. The van der Waals surface area contributed by atoms with Crippen molar-refractivity contribution in [2.24, 2.45) is 5.41 Å². The Kier molecular flexibility index (Phi) is 3.99. The summed E-state index contributed by atoms with van der Waals surface area (Å²) in [7, 11) is 0. The molecule has 0 saturated carbocycles. The van der Waals surface area contributed by atoms with Gasteiger partial charge in [0.1, 0.15) is 0 Å². The topological polar surface area (TPSA) is 20.2 Å². The molecule has 1 N–H and O–H groups in total. The Morgan fingerprint density at radius 3 is 2.33 bits per heavy atom. The molecule has 0 aromatic carbocycles. The zero-order valence-corrected chi connectivity index (χ0v) is 10.8. The molecule has 1 rings (SSSR count). The Balaban J connectivity index is 2.36. The van der Waals surface area contributed by atoms with Gasteiger partial charge in [-0.3, -0.25) is 0 Å². The summed E-state index contributed by atoms with van der Waals surface area (Å²) >= 11 is 0. The van der Waals surface area contributed by atoms with E-state index in [0.717, 1.165) is 25.7 Å². The lowest BCUT2D eigenvalue weighted by Crippen LogP contribution is -2.26. The molecule has 1 unspecified atom stereocenters. The number of hydrogen-bond donors (Lipinski definition) is 1. The molecule has 0 saturated heterocycles. The molecule has 0 spiro atoms. The minimum absolute atomic E-state index is 0.389. The maximum absolute atomic E-state index is 10.3. The summed E-state index contributed by atoms with van der Waals surface area (Å²) < 4.78 is 0. The standard InChI is InChI=1S/C14H26O/c1-13(2,3)10-7-11-14(4,15)12-8-5-6-9-12/h8,15H,5-7,9-11H2,1-4H3. The molecule has 0 bridgehead atoms. The first kappa shape index (κ1) is 12.8. The Morgan fingerprint density at radius 2 is 1.87 bits per heavy atom. The second-order valence-corrected chi connectivity index (χ2v) is 6.31. The summed E-state index contributed by atoms with van der Waals surface area (Å²) in [6, 6.07) is 0. The van der Waals surface area contributed by atoms with Crippen LogP contribution in [0.4, 0.5) is 0 Å². The van der Waals surface area contributed by atoms with E-state index >= 15 is 0 Å². The Labute approximate surface area is 94.6 Å². The van der Waals surface area contributed by atoms with Crippen molar-refractivity contribution in [1.82, 2.24) is 0 Å². The van der Waals surface area contributed by atoms with Crippen LogP contribution >= 0.6 is 0 Å². The van der Waals surface area contributed by atoms with E-state index in [-0.39, 0.29) is 0 Å². The summed E-state index contributed by atoms with van der Waals surface area (Å²) in [6.07, 6.45) is 8.94. The molecular weight excluding hydrogens is 184 g/mol.